The van der Waals surface area contributed by atoms with Crippen molar-refractivity contribution in [1.82, 2.24) is 9.97 Å². The molecule has 2 heterocycles. The van der Waals surface area contributed by atoms with E-state index >= 15 is 0 Å². The Bertz CT molecular complexity index is 792. The lowest BCUT2D eigenvalue weighted by atomic mass is 10.1. The van der Waals surface area contributed by atoms with Crippen molar-refractivity contribution >= 4 is 27.4 Å². The van der Waals surface area contributed by atoms with Crippen molar-refractivity contribution in [3.8, 4) is 0 Å². The third-order valence-corrected chi connectivity index (χ3v) is 4.71. The number of hydrogen-bond acceptors (Lipinski definition) is 5. The third kappa shape index (κ3) is 2.96. The van der Waals surface area contributed by atoms with Crippen LogP contribution in [0.4, 0.5) is 5.82 Å². The number of anilines is 1. The third-order valence-electron chi connectivity index (χ3n) is 3.72. The fraction of sp³-hybridized carbons (Fsp3) is 0.294. The van der Waals surface area contributed by atoms with Crippen molar-refractivity contribution in [2.75, 3.05) is 11.9 Å². The van der Waals surface area contributed by atoms with Crippen LogP contribution < -0.4 is 11.1 Å². The lowest BCUT2D eigenvalue weighted by Crippen LogP contribution is -2.21. The molecule has 0 aliphatic heterocycles. The normalized spacial score (nSPS) is 12.5. The van der Waals surface area contributed by atoms with Gasteiger partial charge in [0.25, 0.3) is 0 Å². The molecule has 0 saturated heterocycles. The highest BCUT2D eigenvalue weighted by Gasteiger charge is 2.12. The smallest absolute Gasteiger partial charge is 0.138 e. The van der Waals surface area contributed by atoms with Gasteiger partial charge in [-0.3, -0.25) is 0 Å². The van der Waals surface area contributed by atoms with Gasteiger partial charge in [-0.15, -0.1) is 11.3 Å². The van der Waals surface area contributed by atoms with Crippen LogP contribution in [0.15, 0.2) is 29.6 Å². The fourth-order valence-electron chi connectivity index (χ4n) is 2.46. The molecule has 0 saturated carbocycles. The molecule has 1 aromatic carbocycles. The lowest BCUT2D eigenvalue weighted by Gasteiger charge is -2.15. The van der Waals surface area contributed by atoms with Crippen molar-refractivity contribution in [3.63, 3.8) is 0 Å². The van der Waals surface area contributed by atoms with Gasteiger partial charge in [-0.2, -0.15) is 0 Å². The van der Waals surface area contributed by atoms with E-state index in [0.717, 1.165) is 27.4 Å². The monoisotopic (exact) mass is 312 g/mol. The largest absolute Gasteiger partial charge is 0.368 e. The van der Waals surface area contributed by atoms with E-state index in [2.05, 4.69) is 58.8 Å². The van der Waals surface area contributed by atoms with E-state index in [-0.39, 0.29) is 6.04 Å². The molecule has 0 amide bonds. The number of nitrogens with zero attached hydrogens (tertiary/aromatic N) is 2. The number of nitrogens with one attached hydrogen (secondary N) is 1. The maximum atomic E-state index is 6.29. The Labute approximate surface area is 134 Å². The quantitative estimate of drug-likeness (QED) is 0.770. The molecule has 4 nitrogen and oxygen atoms in total. The summed E-state index contributed by atoms with van der Waals surface area (Å²) in [7, 11) is 0. The van der Waals surface area contributed by atoms with Crippen LogP contribution in [0.2, 0.25) is 0 Å². The van der Waals surface area contributed by atoms with E-state index in [1.165, 1.54) is 11.1 Å². The van der Waals surface area contributed by atoms with Crippen LogP contribution in [0.3, 0.4) is 0 Å². The van der Waals surface area contributed by atoms with Crippen LogP contribution in [-0.2, 0) is 0 Å². The van der Waals surface area contributed by atoms with Gasteiger partial charge in [0.2, 0.25) is 0 Å². The zero-order chi connectivity index (χ0) is 15.7. The number of aromatic nitrogens is 2. The highest BCUT2D eigenvalue weighted by atomic mass is 32.1. The minimum Gasteiger partial charge on any atom is -0.368 e. The van der Waals surface area contributed by atoms with Crippen LogP contribution in [0.1, 0.15) is 28.6 Å². The molecular formula is C17H20N4S. The highest BCUT2D eigenvalue weighted by molar-refractivity contribution is 7.17. The molecule has 0 bridgehead atoms. The number of nitrogens with two attached hydrogens (primary N) is 1. The number of thiophene rings is 1. The number of fused-ring (bicyclic) bond motifs is 1. The van der Waals surface area contributed by atoms with Crippen LogP contribution in [-0.4, -0.2) is 16.5 Å². The Morgan fingerprint density at radius 2 is 1.86 bits per heavy atom. The molecule has 3 rings (SSSR count). The molecule has 1 unspecified atom stereocenters. The standard InChI is InChI=1S/C17H20N4S/c1-10-4-6-13(7-5-10)14(18)8-19-16-15-11(2)9-22-17(15)21-12(3)20-16/h4-7,9,14H,8,18H2,1-3H3,(H,19,20,21). The van der Waals surface area contributed by atoms with E-state index in [9.17, 15) is 0 Å². The Morgan fingerprint density at radius 1 is 1.14 bits per heavy atom. The molecule has 0 spiro atoms. The summed E-state index contributed by atoms with van der Waals surface area (Å²) in [6, 6.07) is 8.28. The number of hydrogen-bond donors (Lipinski definition) is 2. The second kappa shape index (κ2) is 6.02. The van der Waals surface area contributed by atoms with Crippen molar-refractivity contribution in [1.29, 1.82) is 0 Å². The zero-order valence-electron chi connectivity index (χ0n) is 13.1. The predicted molar refractivity (Wildman–Crippen MR) is 93.5 cm³/mol. The van der Waals surface area contributed by atoms with Gasteiger partial charge < -0.3 is 11.1 Å². The van der Waals surface area contributed by atoms with E-state index < -0.39 is 0 Å². The maximum absolute atomic E-state index is 6.29. The molecule has 3 aromatic rings. The van der Waals surface area contributed by atoms with Crippen molar-refractivity contribution < 1.29 is 0 Å². The molecule has 0 aliphatic carbocycles. The van der Waals surface area contributed by atoms with Gasteiger partial charge in [0.15, 0.2) is 0 Å². The SMILES string of the molecule is Cc1ccc(C(N)CNc2nc(C)nc3scc(C)c23)cc1. The highest BCUT2D eigenvalue weighted by Crippen LogP contribution is 2.29. The molecule has 0 aliphatic rings. The summed E-state index contributed by atoms with van der Waals surface area (Å²) in [4.78, 5) is 10.1. The van der Waals surface area contributed by atoms with E-state index in [4.69, 9.17) is 5.73 Å². The van der Waals surface area contributed by atoms with Crippen LogP contribution in [0.25, 0.3) is 10.2 Å². The molecule has 1 atom stereocenters. The van der Waals surface area contributed by atoms with Gasteiger partial charge in [-0.25, -0.2) is 9.97 Å². The van der Waals surface area contributed by atoms with E-state index in [0.29, 0.717) is 6.54 Å². The number of aryl methyl sites for hydroxylation is 3. The molecule has 114 valence electrons. The molecule has 0 fully saturated rings. The lowest BCUT2D eigenvalue weighted by molar-refractivity contribution is 0.761. The maximum Gasteiger partial charge on any atom is 0.138 e. The van der Waals surface area contributed by atoms with Crippen LogP contribution in [0.5, 0.6) is 0 Å². The molecule has 5 heteroatoms. The first kappa shape index (κ1) is 14.9. The first-order valence-corrected chi connectivity index (χ1v) is 8.21. The Morgan fingerprint density at radius 3 is 2.59 bits per heavy atom. The summed E-state index contributed by atoms with van der Waals surface area (Å²) >= 11 is 1.65. The second-order valence-corrected chi connectivity index (χ2v) is 6.47. The zero-order valence-corrected chi connectivity index (χ0v) is 13.9. The van der Waals surface area contributed by atoms with Crippen molar-refractivity contribution in [2.24, 2.45) is 5.73 Å². The first-order valence-electron chi connectivity index (χ1n) is 7.33. The van der Waals surface area contributed by atoms with Gasteiger partial charge in [-0.05, 0) is 37.3 Å². The van der Waals surface area contributed by atoms with E-state index in [1.54, 1.807) is 11.3 Å². The number of benzene rings is 1. The topological polar surface area (TPSA) is 63.8 Å². The number of rotatable bonds is 4. The van der Waals surface area contributed by atoms with Gasteiger partial charge in [0.1, 0.15) is 16.5 Å². The van der Waals surface area contributed by atoms with Crippen LogP contribution in [0, 0.1) is 20.8 Å². The summed E-state index contributed by atoms with van der Waals surface area (Å²) < 4.78 is 0. The fourth-order valence-corrected chi connectivity index (χ4v) is 3.42. The molecule has 0 radical (unpaired) electrons. The molecular weight excluding hydrogens is 292 g/mol. The molecule has 2 aromatic heterocycles. The Hall–Kier alpha value is -1.98. The molecule has 22 heavy (non-hydrogen) atoms. The predicted octanol–water partition coefficient (Wildman–Crippen LogP) is 3.73. The first-order chi connectivity index (χ1) is 10.5. The average Bonchev–Trinajstić information content (AvgIpc) is 2.86. The summed E-state index contributed by atoms with van der Waals surface area (Å²) in [5.41, 5.74) is 9.85. The molecule has 3 N–H and O–H groups in total. The van der Waals surface area contributed by atoms with E-state index in [1.807, 2.05) is 6.92 Å². The Balaban J connectivity index is 1.81. The van der Waals surface area contributed by atoms with Gasteiger partial charge >= 0.3 is 0 Å². The second-order valence-electron chi connectivity index (χ2n) is 5.62. The van der Waals surface area contributed by atoms with Crippen molar-refractivity contribution in [2.45, 2.75) is 26.8 Å². The summed E-state index contributed by atoms with van der Waals surface area (Å²) in [6.45, 7) is 6.72. The summed E-state index contributed by atoms with van der Waals surface area (Å²) in [6.07, 6.45) is 0. The average molecular weight is 312 g/mol. The summed E-state index contributed by atoms with van der Waals surface area (Å²) in [5.74, 6) is 1.66. The van der Waals surface area contributed by atoms with Crippen LogP contribution >= 0.6 is 11.3 Å². The Kier molecular flexibility index (Phi) is 4.09. The van der Waals surface area contributed by atoms with Gasteiger partial charge in [0.05, 0.1) is 5.39 Å². The van der Waals surface area contributed by atoms with Gasteiger partial charge in [0, 0.05) is 12.6 Å². The minimum absolute atomic E-state index is 0.0649. The van der Waals surface area contributed by atoms with Gasteiger partial charge in [-0.1, -0.05) is 29.8 Å². The minimum atomic E-state index is -0.0649. The summed E-state index contributed by atoms with van der Waals surface area (Å²) in [5, 5.41) is 6.62. The van der Waals surface area contributed by atoms with Crippen molar-refractivity contribution in [3.05, 3.63) is 52.2 Å².